The van der Waals surface area contributed by atoms with Crippen LogP contribution in [0.25, 0.3) is 22.2 Å². The number of aryl methyl sites for hydroxylation is 1. The van der Waals surface area contributed by atoms with E-state index in [2.05, 4.69) is 16.0 Å². The Morgan fingerprint density at radius 1 is 1.00 bits per heavy atom. The van der Waals surface area contributed by atoms with E-state index < -0.39 is 11.7 Å². The van der Waals surface area contributed by atoms with Crippen molar-refractivity contribution in [1.82, 2.24) is 9.97 Å². The van der Waals surface area contributed by atoms with E-state index in [1.807, 2.05) is 31.3 Å². The fourth-order valence-electron chi connectivity index (χ4n) is 3.02. The topological polar surface area (TPSA) is 28.7 Å². The molecule has 4 rings (SSSR count). The van der Waals surface area contributed by atoms with Gasteiger partial charge in [-0.15, -0.1) is 0 Å². The van der Waals surface area contributed by atoms with Crippen LogP contribution < -0.4 is 0 Å². The normalized spacial score (nSPS) is 11.9. The average molecular weight is 384 g/mol. The summed E-state index contributed by atoms with van der Waals surface area (Å²) in [5, 5.41) is 0.823. The number of hydrogen-bond donors (Lipinski definition) is 1. The van der Waals surface area contributed by atoms with E-state index in [0.717, 1.165) is 32.4 Å². The van der Waals surface area contributed by atoms with Crippen LogP contribution in [0, 0.1) is 6.92 Å². The van der Waals surface area contributed by atoms with Gasteiger partial charge in [-0.2, -0.15) is 13.2 Å². The predicted molar refractivity (Wildman–Crippen MR) is 102 cm³/mol. The van der Waals surface area contributed by atoms with Crippen LogP contribution in [0.4, 0.5) is 13.2 Å². The highest BCUT2D eigenvalue weighted by Crippen LogP contribution is 2.39. The van der Waals surface area contributed by atoms with Crippen molar-refractivity contribution < 1.29 is 13.2 Å². The van der Waals surface area contributed by atoms with E-state index in [1.165, 1.54) is 12.1 Å². The van der Waals surface area contributed by atoms with Crippen LogP contribution in [0.3, 0.4) is 0 Å². The summed E-state index contributed by atoms with van der Waals surface area (Å²) >= 11 is 1.56. The van der Waals surface area contributed by atoms with Crippen molar-refractivity contribution in [2.75, 3.05) is 0 Å². The summed E-state index contributed by atoms with van der Waals surface area (Å²) in [7, 11) is 0. The Balaban J connectivity index is 1.84. The molecule has 1 N–H and O–H groups in total. The first-order chi connectivity index (χ1) is 12.9. The summed E-state index contributed by atoms with van der Waals surface area (Å²) < 4.78 is 39.4. The van der Waals surface area contributed by atoms with Crippen LogP contribution in [0.15, 0.2) is 76.8 Å². The number of halogens is 3. The average Bonchev–Trinajstić information content (AvgIpc) is 3.04. The number of alkyl halides is 3. The molecule has 0 aliphatic carbocycles. The molecule has 2 heterocycles. The first kappa shape index (κ1) is 17.7. The van der Waals surface area contributed by atoms with Gasteiger partial charge in [0, 0.05) is 27.6 Å². The molecule has 0 aliphatic rings. The molecule has 136 valence electrons. The van der Waals surface area contributed by atoms with Crippen molar-refractivity contribution in [1.29, 1.82) is 0 Å². The van der Waals surface area contributed by atoms with Crippen molar-refractivity contribution in [2.24, 2.45) is 0 Å². The number of hydrogen-bond acceptors (Lipinski definition) is 2. The Morgan fingerprint density at radius 3 is 2.59 bits per heavy atom. The number of nitrogens with zero attached hydrogens (tertiary/aromatic N) is 1. The van der Waals surface area contributed by atoms with Crippen molar-refractivity contribution in [3.8, 4) is 11.1 Å². The molecular formula is C21H15F3N2S. The molecule has 0 bridgehead atoms. The SMILES string of the molecule is Cc1cccc(Sc2c[nH]c3nccc(-c4cccc(C(F)(F)F)c4)c23)c1. The van der Waals surface area contributed by atoms with E-state index in [0.29, 0.717) is 11.2 Å². The summed E-state index contributed by atoms with van der Waals surface area (Å²) in [4.78, 5) is 9.44. The fraction of sp³-hybridized carbons (Fsp3) is 0.0952. The lowest BCUT2D eigenvalue weighted by molar-refractivity contribution is -0.137. The van der Waals surface area contributed by atoms with Crippen LogP contribution in [-0.2, 0) is 6.18 Å². The molecule has 2 nitrogen and oxygen atoms in total. The number of benzene rings is 2. The summed E-state index contributed by atoms with van der Waals surface area (Å²) in [6, 6.07) is 15.2. The Labute approximate surface area is 158 Å². The van der Waals surface area contributed by atoms with Crippen LogP contribution in [0.1, 0.15) is 11.1 Å². The zero-order valence-electron chi connectivity index (χ0n) is 14.3. The molecular weight excluding hydrogens is 369 g/mol. The number of H-pyrrole nitrogens is 1. The van der Waals surface area contributed by atoms with Gasteiger partial charge in [0.25, 0.3) is 0 Å². The third-order valence-corrected chi connectivity index (χ3v) is 5.29. The minimum Gasteiger partial charge on any atom is -0.345 e. The van der Waals surface area contributed by atoms with E-state index in [4.69, 9.17) is 0 Å². The molecule has 0 saturated carbocycles. The molecule has 2 aromatic heterocycles. The lowest BCUT2D eigenvalue weighted by atomic mass is 10.0. The summed E-state index contributed by atoms with van der Waals surface area (Å²) in [6.07, 6.45) is -0.920. The van der Waals surface area contributed by atoms with E-state index in [-0.39, 0.29) is 0 Å². The highest BCUT2D eigenvalue weighted by molar-refractivity contribution is 7.99. The largest absolute Gasteiger partial charge is 0.416 e. The molecule has 0 fully saturated rings. The van der Waals surface area contributed by atoms with Gasteiger partial charge < -0.3 is 4.98 Å². The fourth-order valence-corrected chi connectivity index (χ4v) is 4.09. The monoisotopic (exact) mass is 384 g/mol. The van der Waals surface area contributed by atoms with Crippen LogP contribution >= 0.6 is 11.8 Å². The zero-order valence-corrected chi connectivity index (χ0v) is 15.2. The summed E-state index contributed by atoms with van der Waals surface area (Å²) in [6.45, 7) is 2.02. The molecule has 0 spiro atoms. The third-order valence-electron chi connectivity index (χ3n) is 4.26. The second kappa shape index (κ2) is 6.78. The van der Waals surface area contributed by atoms with Gasteiger partial charge in [-0.1, -0.05) is 41.6 Å². The maximum absolute atomic E-state index is 13.1. The van der Waals surface area contributed by atoms with Crippen molar-refractivity contribution in [2.45, 2.75) is 22.9 Å². The third kappa shape index (κ3) is 3.57. The summed E-state index contributed by atoms with van der Waals surface area (Å²) in [5.41, 5.74) is 2.38. The number of aromatic amines is 1. The lowest BCUT2D eigenvalue weighted by Gasteiger charge is -2.10. The first-order valence-electron chi connectivity index (χ1n) is 8.30. The van der Waals surface area contributed by atoms with Crippen LogP contribution in [-0.4, -0.2) is 9.97 Å². The minimum atomic E-state index is -4.38. The maximum Gasteiger partial charge on any atom is 0.416 e. The highest BCUT2D eigenvalue weighted by atomic mass is 32.2. The van der Waals surface area contributed by atoms with Gasteiger partial charge in [0.1, 0.15) is 5.65 Å². The minimum absolute atomic E-state index is 0.517. The Morgan fingerprint density at radius 2 is 1.81 bits per heavy atom. The maximum atomic E-state index is 13.1. The van der Waals surface area contributed by atoms with E-state index >= 15 is 0 Å². The standard InChI is InChI=1S/C21H15F3N2S/c1-13-4-2-7-16(10-13)27-18-12-26-20-19(18)17(8-9-25-20)14-5-3-6-15(11-14)21(22,23)24/h2-12H,1H3,(H,25,26). The predicted octanol–water partition coefficient (Wildman–Crippen LogP) is 6.71. The number of nitrogens with one attached hydrogen (secondary N) is 1. The van der Waals surface area contributed by atoms with Gasteiger partial charge in [0.05, 0.1) is 5.56 Å². The Bertz CT molecular complexity index is 1120. The van der Waals surface area contributed by atoms with Crippen LogP contribution in [0.2, 0.25) is 0 Å². The molecule has 0 aliphatic heterocycles. The van der Waals surface area contributed by atoms with Gasteiger partial charge >= 0.3 is 6.18 Å². The molecule has 2 aromatic carbocycles. The van der Waals surface area contributed by atoms with Crippen molar-refractivity contribution in [3.05, 3.63) is 78.1 Å². The molecule has 27 heavy (non-hydrogen) atoms. The van der Waals surface area contributed by atoms with Gasteiger partial charge in [-0.25, -0.2) is 4.98 Å². The van der Waals surface area contributed by atoms with E-state index in [9.17, 15) is 13.2 Å². The van der Waals surface area contributed by atoms with Crippen molar-refractivity contribution >= 4 is 22.8 Å². The smallest absolute Gasteiger partial charge is 0.345 e. The molecule has 0 radical (unpaired) electrons. The number of fused-ring (bicyclic) bond motifs is 1. The number of rotatable bonds is 3. The molecule has 0 amide bonds. The van der Waals surface area contributed by atoms with E-state index in [1.54, 1.807) is 30.1 Å². The first-order valence-corrected chi connectivity index (χ1v) is 9.12. The molecule has 6 heteroatoms. The number of aromatic nitrogens is 2. The molecule has 0 atom stereocenters. The second-order valence-corrected chi connectivity index (χ2v) is 7.35. The zero-order chi connectivity index (χ0) is 19.0. The molecule has 0 unspecified atom stereocenters. The second-order valence-electron chi connectivity index (χ2n) is 6.23. The van der Waals surface area contributed by atoms with Gasteiger partial charge in [-0.05, 0) is 48.4 Å². The van der Waals surface area contributed by atoms with Crippen LogP contribution in [0.5, 0.6) is 0 Å². The summed E-state index contributed by atoms with van der Waals surface area (Å²) in [5.74, 6) is 0. The van der Waals surface area contributed by atoms with Gasteiger partial charge in [0.15, 0.2) is 0 Å². The molecule has 0 saturated heterocycles. The lowest BCUT2D eigenvalue weighted by Crippen LogP contribution is -2.04. The molecule has 4 aromatic rings. The Kier molecular flexibility index (Phi) is 4.44. The quantitative estimate of drug-likeness (QED) is 0.425. The van der Waals surface area contributed by atoms with Crippen molar-refractivity contribution in [3.63, 3.8) is 0 Å². The number of pyridine rings is 1. The highest BCUT2D eigenvalue weighted by Gasteiger charge is 2.30. The van der Waals surface area contributed by atoms with Gasteiger partial charge in [0.2, 0.25) is 0 Å². The Hall–Kier alpha value is -2.73. The van der Waals surface area contributed by atoms with Gasteiger partial charge in [-0.3, -0.25) is 0 Å².